The van der Waals surface area contributed by atoms with Crippen LogP contribution in [0.3, 0.4) is 0 Å². The van der Waals surface area contributed by atoms with Crippen LogP contribution >= 0.6 is 0 Å². The maximum atomic E-state index is 6.03. The maximum absolute atomic E-state index is 6.03. The molecule has 1 aliphatic rings. The molecule has 0 aliphatic carbocycles. The van der Waals surface area contributed by atoms with Crippen molar-refractivity contribution in [1.82, 2.24) is 0 Å². The van der Waals surface area contributed by atoms with E-state index in [0.29, 0.717) is 19.8 Å². The molecule has 132 valence electrons. The van der Waals surface area contributed by atoms with Crippen LogP contribution in [0.5, 0.6) is 0 Å². The fourth-order valence-corrected chi connectivity index (χ4v) is 2.68. The van der Waals surface area contributed by atoms with Crippen molar-refractivity contribution in [2.24, 2.45) is 0 Å². The van der Waals surface area contributed by atoms with Crippen LogP contribution in [0.15, 0.2) is 72.8 Å². The van der Waals surface area contributed by atoms with E-state index in [2.05, 4.69) is 0 Å². The Hall–Kier alpha value is -1.98. The zero-order valence-corrected chi connectivity index (χ0v) is 14.4. The predicted octanol–water partition coefficient (Wildman–Crippen LogP) is 3.72. The molecule has 0 saturated heterocycles. The summed E-state index contributed by atoms with van der Waals surface area (Å²) >= 11 is 0. The third-order valence-corrected chi connectivity index (χ3v) is 4.04. The van der Waals surface area contributed by atoms with Crippen molar-refractivity contribution < 1.29 is 18.9 Å². The van der Waals surface area contributed by atoms with Gasteiger partial charge in [-0.1, -0.05) is 66.7 Å². The molecule has 25 heavy (non-hydrogen) atoms. The highest BCUT2D eigenvalue weighted by atomic mass is 16.7. The molecule has 1 heterocycles. The molecule has 3 rings (SSSR count). The third kappa shape index (κ3) is 5.51. The summed E-state index contributed by atoms with van der Waals surface area (Å²) < 4.78 is 23.1. The molecule has 0 aromatic heterocycles. The van der Waals surface area contributed by atoms with Crippen LogP contribution in [0.1, 0.15) is 11.1 Å². The van der Waals surface area contributed by atoms with E-state index in [4.69, 9.17) is 18.9 Å². The number of ether oxygens (including phenoxy) is 4. The normalized spacial score (nSPS) is 22.8. The second-order valence-electron chi connectivity index (χ2n) is 5.93. The van der Waals surface area contributed by atoms with E-state index in [1.165, 1.54) is 0 Å². The Labute approximate surface area is 149 Å². The highest BCUT2D eigenvalue weighted by Crippen LogP contribution is 2.19. The molecule has 0 fully saturated rings. The Balaban J connectivity index is 1.54. The van der Waals surface area contributed by atoms with Crippen LogP contribution in [0.4, 0.5) is 0 Å². The van der Waals surface area contributed by atoms with Crippen LogP contribution in [-0.4, -0.2) is 32.2 Å². The number of rotatable bonds is 8. The highest BCUT2D eigenvalue weighted by molar-refractivity contribution is 5.14. The van der Waals surface area contributed by atoms with E-state index in [9.17, 15) is 0 Å². The molecule has 0 amide bonds. The molecule has 0 radical (unpaired) electrons. The van der Waals surface area contributed by atoms with E-state index < -0.39 is 0 Å². The average molecular weight is 340 g/mol. The van der Waals surface area contributed by atoms with E-state index >= 15 is 0 Å². The molecule has 4 heteroatoms. The van der Waals surface area contributed by atoms with Gasteiger partial charge in [-0.15, -0.1) is 0 Å². The van der Waals surface area contributed by atoms with Gasteiger partial charge in [-0.25, -0.2) is 0 Å². The Morgan fingerprint density at radius 3 is 2.12 bits per heavy atom. The molecule has 0 spiro atoms. The molecule has 1 aliphatic heterocycles. The first kappa shape index (κ1) is 17.8. The van der Waals surface area contributed by atoms with Gasteiger partial charge in [0, 0.05) is 7.11 Å². The zero-order valence-electron chi connectivity index (χ0n) is 14.4. The van der Waals surface area contributed by atoms with Gasteiger partial charge in [0.15, 0.2) is 6.29 Å². The van der Waals surface area contributed by atoms with Gasteiger partial charge < -0.3 is 18.9 Å². The first-order chi connectivity index (χ1) is 12.3. The molecular weight excluding hydrogens is 316 g/mol. The lowest BCUT2D eigenvalue weighted by molar-refractivity contribution is -0.185. The third-order valence-electron chi connectivity index (χ3n) is 4.04. The van der Waals surface area contributed by atoms with Crippen molar-refractivity contribution in [3.8, 4) is 0 Å². The standard InChI is InChI=1S/C21H24O4/c1-22-21-13-12-19(24-15-18-10-6-3-7-11-18)20(25-21)16-23-14-17-8-4-2-5-9-17/h2-13,19-21H,14-16H2,1H3/t19-,20+,21-/m0/s1. The van der Waals surface area contributed by atoms with Gasteiger partial charge in [0.2, 0.25) is 0 Å². The Kier molecular flexibility index (Phi) is 6.77. The van der Waals surface area contributed by atoms with E-state index in [0.717, 1.165) is 11.1 Å². The van der Waals surface area contributed by atoms with E-state index in [1.807, 2.05) is 72.8 Å². The summed E-state index contributed by atoms with van der Waals surface area (Å²) in [6.07, 6.45) is 3.15. The van der Waals surface area contributed by atoms with Crippen molar-refractivity contribution in [2.45, 2.75) is 31.7 Å². The minimum Gasteiger partial charge on any atom is -0.374 e. The molecule has 0 saturated carbocycles. The lowest BCUT2D eigenvalue weighted by Crippen LogP contribution is -2.40. The lowest BCUT2D eigenvalue weighted by Gasteiger charge is -2.31. The minimum absolute atomic E-state index is 0.164. The van der Waals surface area contributed by atoms with Gasteiger partial charge in [-0.05, 0) is 17.2 Å². The second-order valence-corrected chi connectivity index (χ2v) is 5.93. The first-order valence-corrected chi connectivity index (χ1v) is 8.49. The monoisotopic (exact) mass is 340 g/mol. The summed E-state index contributed by atoms with van der Waals surface area (Å²) in [6, 6.07) is 20.2. The van der Waals surface area contributed by atoms with E-state index in [1.54, 1.807) is 7.11 Å². The molecular formula is C21H24O4. The van der Waals surface area contributed by atoms with Gasteiger partial charge in [0.05, 0.1) is 19.8 Å². The summed E-state index contributed by atoms with van der Waals surface area (Å²) in [4.78, 5) is 0. The fraction of sp³-hybridized carbons (Fsp3) is 0.333. The summed E-state index contributed by atoms with van der Waals surface area (Å²) in [5, 5.41) is 0. The molecule has 0 N–H and O–H groups in total. The van der Waals surface area contributed by atoms with Gasteiger partial charge in [-0.2, -0.15) is 0 Å². The molecule has 0 unspecified atom stereocenters. The lowest BCUT2D eigenvalue weighted by atomic mass is 10.1. The van der Waals surface area contributed by atoms with Crippen molar-refractivity contribution in [1.29, 1.82) is 0 Å². The molecule has 2 aromatic rings. The van der Waals surface area contributed by atoms with Crippen molar-refractivity contribution in [2.75, 3.05) is 13.7 Å². The van der Waals surface area contributed by atoms with Crippen LogP contribution < -0.4 is 0 Å². The van der Waals surface area contributed by atoms with Crippen LogP contribution in [-0.2, 0) is 32.2 Å². The summed E-state index contributed by atoms with van der Waals surface area (Å²) in [5.74, 6) is 0. The predicted molar refractivity (Wildman–Crippen MR) is 95.9 cm³/mol. The summed E-state index contributed by atoms with van der Waals surface area (Å²) in [7, 11) is 1.63. The molecule has 0 bridgehead atoms. The van der Waals surface area contributed by atoms with Crippen molar-refractivity contribution >= 4 is 0 Å². The highest BCUT2D eigenvalue weighted by Gasteiger charge is 2.28. The molecule has 4 nitrogen and oxygen atoms in total. The van der Waals surface area contributed by atoms with Crippen molar-refractivity contribution in [3.63, 3.8) is 0 Å². The Morgan fingerprint density at radius 1 is 0.840 bits per heavy atom. The quantitative estimate of drug-likeness (QED) is 0.687. The van der Waals surface area contributed by atoms with Gasteiger partial charge in [0.1, 0.15) is 12.2 Å². The number of hydrogen-bond donors (Lipinski definition) is 0. The zero-order chi connectivity index (χ0) is 17.3. The average Bonchev–Trinajstić information content (AvgIpc) is 2.68. The summed E-state index contributed by atoms with van der Waals surface area (Å²) in [5.41, 5.74) is 2.27. The van der Waals surface area contributed by atoms with Gasteiger partial charge in [0.25, 0.3) is 0 Å². The van der Waals surface area contributed by atoms with Crippen molar-refractivity contribution in [3.05, 3.63) is 83.9 Å². The Bertz CT molecular complexity index is 641. The smallest absolute Gasteiger partial charge is 0.177 e. The number of benzene rings is 2. The molecule has 2 aromatic carbocycles. The van der Waals surface area contributed by atoms with Crippen LogP contribution in [0.25, 0.3) is 0 Å². The largest absolute Gasteiger partial charge is 0.374 e. The minimum atomic E-state index is -0.359. The SMILES string of the molecule is CO[C@@H]1C=C[C@H](OCc2ccccc2)[C@@H](COCc2ccccc2)O1. The van der Waals surface area contributed by atoms with Gasteiger partial charge >= 0.3 is 0 Å². The maximum Gasteiger partial charge on any atom is 0.177 e. The molecule has 3 atom stereocenters. The number of methoxy groups -OCH3 is 1. The van der Waals surface area contributed by atoms with Gasteiger partial charge in [-0.3, -0.25) is 0 Å². The second kappa shape index (κ2) is 9.49. The van der Waals surface area contributed by atoms with Crippen LogP contribution in [0.2, 0.25) is 0 Å². The fourth-order valence-electron chi connectivity index (χ4n) is 2.68. The van der Waals surface area contributed by atoms with E-state index in [-0.39, 0.29) is 18.5 Å². The van der Waals surface area contributed by atoms with Crippen LogP contribution in [0, 0.1) is 0 Å². The topological polar surface area (TPSA) is 36.9 Å². The summed E-state index contributed by atoms with van der Waals surface area (Å²) in [6.45, 7) is 1.53. The number of hydrogen-bond acceptors (Lipinski definition) is 4. The Morgan fingerprint density at radius 2 is 1.48 bits per heavy atom. The first-order valence-electron chi connectivity index (χ1n) is 8.49.